The van der Waals surface area contributed by atoms with Gasteiger partial charge in [0, 0.05) is 11.8 Å². The molecule has 0 radical (unpaired) electrons. The lowest BCUT2D eigenvalue weighted by Gasteiger charge is -2.06. The molecule has 0 fully saturated rings. The van der Waals surface area contributed by atoms with Gasteiger partial charge in [-0.2, -0.15) is 0 Å². The zero-order valence-electron chi connectivity index (χ0n) is 8.53. The van der Waals surface area contributed by atoms with Gasteiger partial charge in [0.1, 0.15) is 0 Å². The van der Waals surface area contributed by atoms with Crippen molar-refractivity contribution < 1.29 is 8.78 Å². The molecule has 2 rings (SSSR count). The molecule has 0 unspecified atom stereocenters. The first-order chi connectivity index (χ1) is 8.09. The molecular formula is C11H7F2IN2O. The molecule has 17 heavy (non-hydrogen) atoms. The molecule has 0 atom stereocenters. The van der Waals surface area contributed by atoms with E-state index >= 15 is 0 Å². The maximum absolute atomic E-state index is 13.4. The Morgan fingerprint density at radius 3 is 2.88 bits per heavy atom. The molecule has 3 nitrogen and oxygen atoms in total. The SMILES string of the molecule is O=c1c(I)cncn1Cc1cccc(F)c1F. The topological polar surface area (TPSA) is 34.9 Å². The summed E-state index contributed by atoms with van der Waals surface area (Å²) in [6, 6.07) is 3.87. The van der Waals surface area contributed by atoms with Crippen LogP contribution in [0.1, 0.15) is 5.56 Å². The van der Waals surface area contributed by atoms with Crippen molar-refractivity contribution in [1.82, 2.24) is 9.55 Å². The zero-order chi connectivity index (χ0) is 12.4. The summed E-state index contributed by atoms with van der Waals surface area (Å²) in [7, 11) is 0. The maximum atomic E-state index is 13.4. The molecule has 0 amide bonds. The summed E-state index contributed by atoms with van der Waals surface area (Å²) in [5.41, 5.74) is -0.153. The van der Waals surface area contributed by atoms with Gasteiger partial charge in [0.15, 0.2) is 11.6 Å². The number of nitrogens with zero attached hydrogens (tertiary/aromatic N) is 2. The van der Waals surface area contributed by atoms with Crippen LogP contribution in [0.2, 0.25) is 0 Å². The molecule has 1 aromatic heterocycles. The second-order valence-corrected chi connectivity index (χ2v) is 4.55. The normalized spacial score (nSPS) is 10.5. The Morgan fingerprint density at radius 2 is 2.12 bits per heavy atom. The number of aromatic nitrogens is 2. The summed E-state index contributed by atoms with van der Waals surface area (Å²) in [6.07, 6.45) is 2.72. The van der Waals surface area contributed by atoms with Crippen molar-refractivity contribution in [2.45, 2.75) is 6.54 Å². The van der Waals surface area contributed by atoms with Crippen LogP contribution < -0.4 is 5.56 Å². The Hall–Kier alpha value is -1.31. The van der Waals surface area contributed by atoms with Crippen LogP contribution in [0.4, 0.5) is 8.78 Å². The Balaban J connectivity index is 2.42. The molecule has 0 spiro atoms. The maximum Gasteiger partial charge on any atom is 0.267 e. The van der Waals surface area contributed by atoms with Gasteiger partial charge < -0.3 is 0 Å². The highest BCUT2D eigenvalue weighted by Crippen LogP contribution is 2.12. The van der Waals surface area contributed by atoms with Crippen molar-refractivity contribution >= 4 is 22.6 Å². The van der Waals surface area contributed by atoms with Gasteiger partial charge in [-0.25, -0.2) is 13.8 Å². The molecule has 6 heteroatoms. The van der Waals surface area contributed by atoms with E-state index in [-0.39, 0.29) is 17.7 Å². The van der Waals surface area contributed by atoms with Crippen LogP contribution >= 0.6 is 22.6 Å². The predicted molar refractivity (Wildman–Crippen MR) is 66.7 cm³/mol. The van der Waals surface area contributed by atoms with Crippen molar-refractivity contribution in [3.63, 3.8) is 0 Å². The summed E-state index contributed by atoms with van der Waals surface area (Å²) in [5.74, 6) is -1.85. The monoisotopic (exact) mass is 348 g/mol. The number of hydrogen-bond acceptors (Lipinski definition) is 2. The summed E-state index contributed by atoms with van der Waals surface area (Å²) < 4.78 is 28.1. The first kappa shape index (κ1) is 12.2. The minimum atomic E-state index is -0.932. The predicted octanol–water partition coefficient (Wildman–Crippen LogP) is 2.17. The highest BCUT2D eigenvalue weighted by Gasteiger charge is 2.09. The van der Waals surface area contributed by atoms with Crippen LogP contribution in [0.25, 0.3) is 0 Å². The van der Waals surface area contributed by atoms with Gasteiger partial charge >= 0.3 is 0 Å². The van der Waals surface area contributed by atoms with Crippen molar-refractivity contribution in [2.75, 3.05) is 0 Å². The smallest absolute Gasteiger partial charge is 0.267 e. The first-order valence-electron chi connectivity index (χ1n) is 4.72. The Morgan fingerprint density at radius 1 is 1.35 bits per heavy atom. The minimum Gasteiger partial charge on any atom is -0.294 e. The number of halogens is 3. The molecule has 0 N–H and O–H groups in total. The van der Waals surface area contributed by atoms with Gasteiger partial charge in [0.2, 0.25) is 0 Å². The van der Waals surface area contributed by atoms with Crippen LogP contribution in [0.5, 0.6) is 0 Å². The van der Waals surface area contributed by atoms with Crippen molar-refractivity contribution in [3.05, 3.63) is 61.8 Å². The highest BCUT2D eigenvalue weighted by atomic mass is 127. The zero-order valence-corrected chi connectivity index (χ0v) is 10.7. The van der Waals surface area contributed by atoms with E-state index in [9.17, 15) is 13.6 Å². The molecule has 0 aliphatic heterocycles. The average Bonchev–Trinajstić information content (AvgIpc) is 2.31. The third-order valence-electron chi connectivity index (χ3n) is 2.23. The van der Waals surface area contributed by atoms with Gasteiger partial charge in [-0.15, -0.1) is 0 Å². The second-order valence-electron chi connectivity index (χ2n) is 3.39. The van der Waals surface area contributed by atoms with Gasteiger partial charge in [-0.1, -0.05) is 12.1 Å². The molecule has 1 aromatic carbocycles. The Labute approximate surface area is 109 Å². The summed E-state index contributed by atoms with van der Waals surface area (Å²) in [4.78, 5) is 15.5. The molecule has 0 bridgehead atoms. The Bertz CT molecular complexity index is 613. The molecule has 0 saturated carbocycles. The fourth-order valence-electron chi connectivity index (χ4n) is 1.39. The van der Waals surface area contributed by atoms with E-state index in [2.05, 4.69) is 4.98 Å². The van der Waals surface area contributed by atoms with Crippen LogP contribution in [-0.2, 0) is 6.54 Å². The molecule has 2 aromatic rings. The van der Waals surface area contributed by atoms with E-state index in [0.717, 1.165) is 6.07 Å². The minimum absolute atomic E-state index is 0.0354. The Kier molecular flexibility index (Phi) is 3.51. The van der Waals surface area contributed by atoms with Crippen LogP contribution in [0, 0.1) is 15.2 Å². The van der Waals surface area contributed by atoms with E-state index in [0.29, 0.717) is 3.57 Å². The fraction of sp³-hybridized carbons (Fsp3) is 0.0909. The van der Waals surface area contributed by atoms with E-state index in [4.69, 9.17) is 0 Å². The number of hydrogen-bond donors (Lipinski definition) is 0. The second kappa shape index (κ2) is 4.91. The third-order valence-corrected chi connectivity index (χ3v) is 2.97. The highest BCUT2D eigenvalue weighted by molar-refractivity contribution is 14.1. The van der Waals surface area contributed by atoms with Crippen LogP contribution in [-0.4, -0.2) is 9.55 Å². The fourth-order valence-corrected chi connectivity index (χ4v) is 1.86. The summed E-state index contributed by atoms with van der Waals surface area (Å²) in [6.45, 7) is -0.0354. The quantitative estimate of drug-likeness (QED) is 0.780. The van der Waals surface area contributed by atoms with Gasteiger partial charge in [-0.05, 0) is 28.7 Å². The van der Waals surface area contributed by atoms with Gasteiger partial charge in [0.05, 0.1) is 16.4 Å². The van der Waals surface area contributed by atoms with Crippen LogP contribution in [0.15, 0.2) is 35.5 Å². The van der Waals surface area contributed by atoms with E-state index in [1.165, 1.54) is 29.2 Å². The van der Waals surface area contributed by atoms with E-state index < -0.39 is 11.6 Å². The van der Waals surface area contributed by atoms with Crippen molar-refractivity contribution in [3.8, 4) is 0 Å². The third kappa shape index (κ3) is 2.51. The number of benzene rings is 1. The lowest BCUT2D eigenvalue weighted by molar-refractivity contribution is 0.494. The van der Waals surface area contributed by atoms with Crippen molar-refractivity contribution in [1.29, 1.82) is 0 Å². The van der Waals surface area contributed by atoms with Gasteiger partial charge in [0.25, 0.3) is 5.56 Å². The average molecular weight is 348 g/mol. The molecule has 0 aliphatic carbocycles. The van der Waals surface area contributed by atoms with Crippen LogP contribution in [0.3, 0.4) is 0 Å². The molecule has 1 heterocycles. The van der Waals surface area contributed by atoms with E-state index in [1.54, 1.807) is 0 Å². The lowest BCUT2D eigenvalue weighted by Crippen LogP contribution is -2.23. The first-order valence-corrected chi connectivity index (χ1v) is 5.80. The summed E-state index contributed by atoms with van der Waals surface area (Å²) in [5, 5.41) is 0. The standard InChI is InChI=1S/C11H7F2IN2O/c12-8-3-1-2-7(10(8)13)5-16-6-15-4-9(14)11(16)17/h1-4,6H,5H2. The molecule has 0 saturated heterocycles. The largest absolute Gasteiger partial charge is 0.294 e. The van der Waals surface area contributed by atoms with E-state index in [1.807, 2.05) is 22.6 Å². The lowest BCUT2D eigenvalue weighted by atomic mass is 10.2. The molecule has 0 aliphatic rings. The molecular weight excluding hydrogens is 341 g/mol. The van der Waals surface area contributed by atoms with Gasteiger partial charge in [-0.3, -0.25) is 9.36 Å². The molecule has 88 valence electrons. The summed E-state index contributed by atoms with van der Waals surface area (Å²) >= 11 is 1.84. The number of rotatable bonds is 2. The van der Waals surface area contributed by atoms with Crippen molar-refractivity contribution in [2.24, 2.45) is 0 Å².